The maximum atomic E-state index is 13.7. The third-order valence-electron chi connectivity index (χ3n) is 6.37. The van der Waals surface area contributed by atoms with Gasteiger partial charge in [0.15, 0.2) is 0 Å². The first kappa shape index (κ1) is 23.1. The lowest BCUT2D eigenvalue weighted by atomic mass is 9.83. The zero-order valence-corrected chi connectivity index (χ0v) is 21.1. The summed E-state index contributed by atoms with van der Waals surface area (Å²) in [6, 6.07) is 24.0. The second-order valence-electron chi connectivity index (χ2n) is 8.58. The average molecular weight is 535 g/mol. The maximum absolute atomic E-state index is 13.7. The van der Waals surface area contributed by atoms with E-state index < -0.39 is 17.1 Å². The highest BCUT2D eigenvalue weighted by molar-refractivity contribution is 8.00. The second-order valence-corrected chi connectivity index (χ2v) is 11.2. The number of thiazole rings is 1. The number of ether oxygens (including phenoxy) is 1. The van der Waals surface area contributed by atoms with E-state index in [2.05, 4.69) is 4.98 Å². The standard InChI is InChI=1S/C27H19ClN2O4S2/c28-17-6-4-5-15(13-17)14-34-19-11-9-16(10-12-19)20-21-23(35-24-22(20)36-27(33)29-24)26(32)30(25(21)31)18-7-2-1-3-8-18/h1-13,20-21,23H,14H2,(H,29,33). The van der Waals surface area contributed by atoms with Crippen LogP contribution in [0.3, 0.4) is 0 Å². The summed E-state index contributed by atoms with van der Waals surface area (Å²) in [6.45, 7) is 0.368. The predicted molar refractivity (Wildman–Crippen MR) is 141 cm³/mol. The second kappa shape index (κ2) is 9.28. The van der Waals surface area contributed by atoms with Gasteiger partial charge in [-0.25, -0.2) is 4.90 Å². The number of carbonyl (C=O) groups excluding carboxylic acids is 2. The normalized spacial score (nSPS) is 20.8. The van der Waals surface area contributed by atoms with Crippen molar-refractivity contribution in [3.63, 3.8) is 0 Å². The molecule has 2 aliphatic heterocycles. The molecular formula is C27H19ClN2O4S2. The lowest BCUT2D eigenvalue weighted by Gasteiger charge is -2.29. The number of rotatable bonds is 5. The van der Waals surface area contributed by atoms with Crippen LogP contribution >= 0.6 is 34.7 Å². The van der Waals surface area contributed by atoms with Crippen molar-refractivity contribution in [2.75, 3.05) is 4.90 Å². The average Bonchev–Trinajstić information content (AvgIpc) is 3.38. The molecule has 9 heteroatoms. The summed E-state index contributed by atoms with van der Waals surface area (Å²) in [5, 5.41) is 0.700. The van der Waals surface area contributed by atoms with E-state index in [1.54, 1.807) is 24.3 Å². The van der Waals surface area contributed by atoms with Gasteiger partial charge in [-0.3, -0.25) is 14.4 Å². The summed E-state index contributed by atoms with van der Waals surface area (Å²) >= 11 is 8.43. The van der Waals surface area contributed by atoms with E-state index >= 15 is 0 Å². The van der Waals surface area contributed by atoms with E-state index in [1.165, 1.54) is 16.7 Å². The summed E-state index contributed by atoms with van der Waals surface area (Å²) in [7, 11) is 0. The maximum Gasteiger partial charge on any atom is 0.305 e. The lowest BCUT2D eigenvalue weighted by Crippen LogP contribution is -2.32. The minimum absolute atomic E-state index is 0.196. The highest BCUT2D eigenvalue weighted by atomic mass is 35.5. The Morgan fingerprint density at radius 1 is 0.917 bits per heavy atom. The Morgan fingerprint density at radius 3 is 2.44 bits per heavy atom. The molecule has 1 fully saturated rings. The number of anilines is 1. The van der Waals surface area contributed by atoms with E-state index in [9.17, 15) is 14.4 Å². The van der Waals surface area contributed by atoms with Crippen molar-refractivity contribution in [2.24, 2.45) is 5.92 Å². The molecule has 2 amide bonds. The number of fused-ring (bicyclic) bond motifs is 2. The number of hydrogen-bond donors (Lipinski definition) is 1. The van der Waals surface area contributed by atoms with Crippen molar-refractivity contribution >= 4 is 52.2 Å². The zero-order valence-electron chi connectivity index (χ0n) is 18.7. The molecule has 0 bridgehead atoms. The van der Waals surface area contributed by atoms with Gasteiger partial charge in [0.25, 0.3) is 0 Å². The Bertz CT molecular complexity index is 1520. The number of carbonyl (C=O) groups is 2. The fourth-order valence-electron chi connectivity index (χ4n) is 4.77. The van der Waals surface area contributed by atoms with Gasteiger partial charge in [-0.05, 0) is 47.5 Å². The number of imide groups is 1. The molecule has 3 heterocycles. The molecule has 0 radical (unpaired) electrons. The smallest absolute Gasteiger partial charge is 0.305 e. The molecule has 0 aliphatic carbocycles. The van der Waals surface area contributed by atoms with E-state index in [1.807, 2.05) is 54.6 Å². The monoisotopic (exact) mass is 534 g/mol. The predicted octanol–water partition coefficient (Wildman–Crippen LogP) is 5.46. The molecule has 1 N–H and O–H groups in total. The van der Waals surface area contributed by atoms with Gasteiger partial charge in [-0.2, -0.15) is 0 Å². The summed E-state index contributed by atoms with van der Waals surface area (Å²) in [5.74, 6) is -0.864. The first-order chi connectivity index (χ1) is 17.5. The number of nitrogens with one attached hydrogen (secondary N) is 1. The topological polar surface area (TPSA) is 79.5 Å². The highest BCUT2D eigenvalue weighted by Gasteiger charge is 2.56. The SMILES string of the molecule is O=C1C2Sc3[nH]c(=O)sc3C(c3ccc(OCc4cccc(Cl)c4)cc3)C2C(=O)N1c1ccccc1. The molecule has 0 spiro atoms. The van der Waals surface area contributed by atoms with Gasteiger partial charge in [0.05, 0.1) is 16.6 Å². The Kier molecular flexibility index (Phi) is 5.95. The van der Waals surface area contributed by atoms with Crippen molar-refractivity contribution in [1.29, 1.82) is 0 Å². The highest BCUT2D eigenvalue weighted by Crippen LogP contribution is 2.53. The number of H-pyrrole nitrogens is 1. The molecular weight excluding hydrogens is 516 g/mol. The summed E-state index contributed by atoms with van der Waals surface area (Å²) in [4.78, 5) is 44.1. The van der Waals surface area contributed by atoms with Crippen LogP contribution in [0.5, 0.6) is 5.75 Å². The van der Waals surface area contributed by atoms with Gasteiger partial charge in [0.1, 0.15) is 17.6 Å². The van der Waals surface area contributed by atoms with Crippen molar-refractivity contribution < 1.29 is 14.3 Å². The molecule has 3 atom stereocenters. The number of amides is 2. The molecule has 3 aromatic carbocycles. The van der Waals surface area contributed by atoms with E-state index in [0.29, 0.717) is 28.1 Å². The molecule has 36 heavy (non-hydrogen) atoms. The third kappa shape index (κ3) is 4.05. The number of nitrogens with zero attached hydrogens (tertiary/aromatic N) is 1. The van der Waals surface area contributed by atoms with Gasteiger partial charge >= 0.3 is 4.87 Å². The number of benzene rings is 3. The van der Waals surface area contributed by atoms with E-state index in [4.69, 9.17) is 16.3 Å². The third-order valence-corrected chi connectivity index (χ3v) is 9.01. The largest absolute Gasteiger partial charge is 0.489 e. The lowest BCUT2D eigenvalue weighted by molar-refractivity contribution is -0.122. The number of aromatic amines is 1. The van der Waals surface area contributed by atoms with Crippen LogP contribution in [0.2, 0.25) is 5.02 Å². The van der Waals surface area contributed by atoms with Gasteiger partial charge in [0, 0.05) is 15.8 Å². The first-order valence-electron chi connectivity index (χ1n) is 11.3. The van der Waals surface area contributed by atoms with Crippen LogP contribution in [0.1, 0.15) is 21.9 Å². The van der Waals surface area contributed by atoms with Crippen LogP contribution in [-0.4, -0.2) is 22.0 Å². The van der Waals surface area contributed by atoms with Crippen LogP contribution in [0.25, 0.3) is 0 Å². The number of thioether (sulfide) groups is 1. The van der Waals surface area contributed by atoms with Gasteiger partial charge in [0.2, 0.25) is 11.8 Å². The Labute approximate surface area is 219 Å². The molecule has 6 nitrogen and oxygen atoms in total. The fraction of sp³-hybridized carbons (Fsp3) is 0.148. The van der Waals surface area contributed by atoms with Crippen molar-refractivity contribution in [2.45, 2.75) is 22.8 Å². The first-order valence-corrected chi connectivity index (χ1v) is 13.4. The van der Waals surface area contributed by atoms with Crippen molar-refractivity contribution in [1.82, 2.24) is 4.98 Å². The Morgan fingerprint density at radius 2 is 1.69 bits per heavy atom. The number of halogens is 1. The van der Waals surface area contributed by atoms with Crippen molar-refractivity contribution in [3.05, 3.63) is 110 Å². The van der Waals surface area contributed by atoms with Crippen LogP contribution in [0.4, 0.5) is 5.69 Å². The Hall–Kier alpha value is -3.33. The van der Waals surface area contributed by atoms with Gasteiger partial charge in [-0.1, -0.05) is 77.2 Å². The summed E-state index contributed by atoms with van der Waals surface area (Å²) < 4.78 is 5.92. The Balaban J connectivity index is 1.33. The van der Waals surface area contributed by atoms with Crippen LogP contribution in [-0.2, 0) is 16.2 Å². The summed E-state index contributed by atoms with van der Waals surface area (Å²) in [6.07, 6.45) is 0. The van der Waals surface area contributed by atoms with Gasteiger partial charge < -0.3 is 9.72 Å². The minimum atomic E-state index is -0.612. The summed E-state index contributed by atoms with van der Waals surface area (Å²) in [5.41, 5.74) is 2.37. The minimum Gasteiger partial charge on any atom is -0.489 e. The quantitative estimate of drug-likeness (QED) is 0.344. The molecule has 180 valence electrons. The van der Waals surface area contributed by atoms with Crippen LogP contribution in [0.15, 0.2) is 88.7 Å². The molecule has 2 aliphatic rings. The van der Waals surface area contributed by atoms with E-state index in [0.717, 1.165) is 27.3 Å². The molecule has 1 saturated heterocycles. The molecule has 0 saturated carbocycles. The molecule has 3 unspecified atom stereocenters. The van der Waals surface area contributed by atoms with Crippen LogP contribution in [0, 0.1) is 5.92 Å². The number of aromatic nitrogens is 1. The molecule has 6 rings (SSSR count). The van der Waals surface area contributed by atoms with Crippen molar-refractivity contribution in [3.8, 4) is 5.75 Å². The molecule has 4 aromatic rings. The van der Waals surface area contributed by atoms with Gasteiger partial charge in [-0.15, -0.1) is 0 Å². The van der Waals surface area contributed by atoms with E-state index in [-0.39, 0.29) is 16.7 Å². The fourth-order valence-corrected chi connectivity index (χ4v) is 7.50. The zero-order chi connectivity index (χ0) is 24.8. The van der Waals surface area contributed by atoms with Crippen LogP contribution < -0.4 is 14.5 Å². The molecule has 1 aromatic heterocycles. The number of hydrogen-bond acceptors (Lipinski definition) is 6. The number of para-hydroxylation sites is 1.